The van der Waals surface area contributed by atoms with Crippen LogP contribution >= 0.6 is 12.2 Å². The fourth-order valence-corrected chi connectivity index (χ4v) is 1.93. The van der Waals surface area contributed by atoms with Crippen LogP contribution in [0.5, 0.6) is 0 Å². The number of nitrogens with one attached hydrogen (secondary N) is 1. The van der Waals surface area contributed by atoms with Crippen LogP contribution in [0, 0.1) is 0 Å². The van der Waals surface area contributed by atoms with Gasteiger partial charge in [-0.15, -0.1) is 0 Å². The van der Waals surface area contributed by atoms with E-state index in [1.807, 2.05) is 18.2 Å². The third-order valence-corrected chi connectivity index (χ3v) is 2.86. The molecule has 1 atom stereocenters. The highest BCUT2D eigenvalue weighted by Crippen LogP contribution is 2.17. The number of aryl methyl sites for hydroxylation is 1. The van der Waals surface area contributed by atoms with Crippen LogP contribution in [0.15, 0.2) is 36.7 Å². The Morgan fingerprint density at radius 3 is 2.63 bits per heavy atom. The van der Waals surface area contributed by atoms with Crippen molar-refractivity contribution in [2.24, 2.45) is 12.8 Å². The number of nitrogens with zero attached hydrogens (tertiary/aromatic N) is 3. The van der Waals surface area contributed by atoms with Crippen molar-refractivity contribution < 1.29 is 4.79 Å². The number of nitrogens with two attached hydrogens (primary N) is 1. The Morgan fingerprint density at radius 2 is 2.11 bits per heavy atom. The first-order valence-corrected chi connectivity index (χ1v) is 5.99. The Labute approximate surface area is 115 Å². The maximum Gasteiger partial charge on any atom is 0.241 e. The van der Waals surface area contributed by atoms with Gasteiger partial charge in [0.25, 0.3) is 0 Å². The molecule has 1 aromatic carbocycles. The van der Waals surface area contributed by atoms with Gasteiger partial charge in [0.05, 0.1) is 4.99 Å². The topological polar surface area (TPSA) is 85.8 Å². The molecule has 1 amide bonds. The molecule has 98 valence electrons. The van der Waals surface area contributed by atoms with Crippen molar-refractivity contribution >= 4 is 29.1 Å². The number of carbonyl (C=O) groups is 1. The molecule has 0 aliphatic rings. The molecular formula is C12H13N5OS. The van der Waals surface area contributed by atoms with E-state index in [4.69, 9.17) is 18.0 Å². The van der Waals surface area contributed by atoms with Gasteiger partial charge in [-0.3, -0.25) is 10.1 Å². The van der Waals surface area contributed by atoms with E-state index in [0.29, 0.717) is 5.95 Å². The van der Waals surface area contributed by atoms with E-state index in [-0.39, 0.29) is 10.9 Å². The maximum atomic E-state index is 12.2. The van der Waals surface area contributed by atoms with Gasteiger partial charge in [0.1, 0.15) is 12.2 Å². The predicted octanol–water partition coefficient (Wildman–Crippen LogP) is 0.823. The molecule has 0 saturated heterocycles. The number of aromatic nitrogens is 3. The molecule has 0 bridgehead atoms. The molecule has 3 N–H and O–H groups in total. The van der Waals surface area contributed by atoms with Crippen LogP contribution in [0.3, 0.4) is 0 Å². The Kier molecular flexibility index (Phi) is 3.86. The molecule has 7 heteroatoms. The fourth-order valence-electron chi connectivity index (χ4n) is 1.68. The van der Waals surface area contributed by atoms with Gasteiger partial charge in [0.15, 0.2) is 0 Å². The molecule has 2 rings (SSSR count). The van der Waals surface area contributed by atoms with Crippen LogP contribution < -0.4 is 11.1 Å². The first-order valence-electron chi connectivity index (χ1n) is 5.58. The van der Waals surface area contributed by atoms with E-state index in [0.717, 1.165) is 5.56 Å². The van der Waals surface area contributed by atoms with Gasteiger partial charge in [-0.25, -0.2) is 4.68 Å². The standard InChI is InChI=1S/C12H13N5OS/c1-17-12(14-7-15-17)16-11(18)9(10(13)19)8-5-3-2-4-6-8/h2-7,9H,1H3,(H2,13,19)(H,14,15,16,18). The molecule has 0 aliphatic carbocycles. The molecule has 6 nitrogen and oxygen atoms in total. The number of rotatable bonds is 4. The molecule has 0 fully saturated rings. The van der Waals surface area contributed by atoms with E-state index >= 15 is 0 Å². The average molecular weight is 275 g/mol. The Bertz CT molecular complexity index is 595. The largest absolute Gasteiger partial charge is 0.392 e. The second-order valence-corrected chi connectivity index (χ2v) is 4.41. The monoisotopic (exact) mass is 275 g/mol. The molecule has 1 heterocycles. The zero-order valence-electron chi connectivity index (χ0n) is 10.3. The van der Waals surface area contributed by atoms with Crippen LogP contribution in [0.4, 0.5) is 5.95 Å². The summed E-state index contributed by atoms with van der Waals surface area (Å²) in [6.45, 7) is 0. The van der Waals surface area contributed by atoms with Gasteiger partial charge in [0, 0.05) is 7.05 Å². The number of hydrogen-bond acceptors (Lipinski definition) is 4. The van der Waals surface area contributed by atoms with E-state index in [9.17, 15) is 4.79 Å². The van der Waals surface area contributed by atoms with Gasteiger partial charge in [-0.1, -0.05) is 42.5 Å². The lowest BCUT2D eigenvalue weighted by molar-refractivity contribution is -0.116. The summed E-state index contributed by atoms with van der Waals surface area (Å²) in [4.78, 5) is 16.3. The smallest absolute Gasteiger partial charge is 0.241 e. The van der Waals surface area contributed by atoms with Crippen LogP contribution in [-0.4, -0.2) is 25.7 Å². The lowest BCUT2D eigenvalue weighted by Gasteiger charge is -2.15. The molecule has 1 unspecified atom stereocenters. The number of amides is 1. The molecule has 0 saturated carbocycles. The highest BCUT2D eigenvalue weighted by atomic mass is 32.1. The van der Waals surface area contributed by atoms with Gasteiger partial charge >= 0.3 is 0 Å². The highest BCUT2D eigenvalue weighted by molar-refractivity contribution is 7.80. The first kappa shape index (κ1) is 13.2. The molecule has 0 aliphatic heterocycles. The summed E-state index contributed by atoms with van der Waals surface area (Å²) in [5, 5.41) is 6.53. The minimum Gasteiger partial charge on any atom is -0.392 e. The average Bonchev–Trinajstić information content (AvgIpc) is 2.76. The third-order valence-electron chi connectivity index (χ3n) is 2.63. The summed E-state index contributed by atoms with van der Waals surface area (Å²) < 4.78 is 1.46. The van der Waals surface area contributed by atoms with Crippen LogP contribution in [0.2, 0.25) is 0 Å². The summed E-state index contributed by atoms with van der Waals surface area (Å²) in [6.07, 6.45) is 1.36. The van der Waals surface area contributed by atoms with E-state index in [1.54, 1.807) is 19.2 Å². The second-order valence-electron chi connectivity index (χ2n) is 3.94. The maximum absolute atomic E-state index is 12.2. The first-order chi connectivity index (χ1) is 9.09. The fraction of sp³-hybridized carbons (Fsp3) is 0.167. The quantitative estimate of drug-likeness (QED) is 0.807. The minimum atomic E-state index is -0.687. The number of benzene rings is 1. The lowest BCUT2D eigenvalue weighted by atomic mass is 9.98. The van der Waals surface area contributed by atoms with Crippen LogP contribution in [-0.2, 0) is 11.8 Å². The number of carbonyl (C=O) groups excluding carboxylic acids is 1. The minimum absolute atomic E-state index is 0.117. The van der Waals surface area contributed by atoms with Crippen molar-refractivity contribution in [3.63, 3.8) is 0 Å². The Morgan fingerprint density at radius 1 is 1.42 bits per heavy atom. The number of anilines is 1. The Balaban J connectivity index is 2.23. The highest BCUT2D eigenvalue weighted by Gasteiger charge is 2.24. The summed E-state index contributed by atoms with van der Waals surface area (Å²) in [5.41, 5.74) is 6.41. The molecule has 1 aromatic heterocycles. The molecule has 19 heavy (non-hydrogen) atoms. The van der Waals surface area contributed by atoms with Crippen molar-refractivity contribution in [1.29, 1.82) is 0 Å². The van der Waals surface area contributed by atoms with E-state index in [1.165, 1.54) is 11.0 Å². The predicted molar refractivity (Wildman–Crippen MR) is 75.6 cm³/mol. The number of thiocarbonyl (C=S) groups is 1. The summed E-state index contributed by atoms with van der Waals surface area (Å²) >= 11 is 4.98. The van der Waals surface area contributed by atoms with E-state index < -0.39 is 5.92 Å². The van der Waals surface area contributed by atoms with Crippen molar-refractivity contribution in [1.82, 2.24) is 14.8 Å². The van der Waals surface area contributed by atoms with Gasteiger partial charge in [-0.05, 0) is 5.56 Å². The van der Waals surface area contributed by atoms with Crippen molar-refractivity contribution in [2.45, 2.75) is 5.92 Å². The van der Waals surface area contributed by atoms with Crippen LogP contribution in [0.1, 0.15) is 11.5 Å². The van der Waals surface area contributed by atoms with Crippen molar-refractivity contribution in [3.8, 4) is 0 Å². The van der Waals surface area contributed by atoms with E-state index in [2.05, 4.69) is 15.4 Å². The summed E-state index contributed by atoms with van der Waals surface area (Å²) in [6, 6.07) is 9.13. The molecule has 0 spiro atoms. The zero-order chi connectivity index (χ0) is 13.8. The van der Waals surface area contributed by atoms with Crippen molar-refractivity contribution in [3.05, 3.63) is 42.2 Å². The SMILES string of the molecule is Cn1ncnc1NC(=O)C(C(N)=S)c1ccccc1. The van der Waals surface area contributed by atoms with Crippen LogP contribution in [0.25, 0.3) is 0 Å². The summed E-state index contributed by atoms with van der Waals surface area (Å²) in [5.74, 6) is -0.662. The molecular weight excluding hydrogens is 262 g/mol. The Hall–Kier alpha value is -2.28. The molecule has 0 radical (unpaired) electrons. The van der Waals surface area contributed by atoms with Crippen molar-refractivity contribution in [2.75, 3.05) is 5.32 Å². The lowest BCUT2D eigenvalue weighted by Crippen LogP contribution is -2.32. The zero-order valence-corrected chi connectivity index (χ0v) is 11.1. The third kappa shape index (κ3) is 2.94. The molecule has 2 aromatic rings. The number of hydrogen-bond donors (Lipinski definition) is 2. The second kappa shape index (κ2) is 5.57. The van der Waals surface area contributed by atoms with Gasteiger partial charge in [-0.2, -0.15) is 10.1 Å². The summed E-state index contributed by atoms with van der Waals surface area (Å²) in [7, 11) is 1.68. The normalized spacial score (nSPS) is 11.8. The van der Waals surface area contributed by atoms with Gasteiger partial charge < -0.3 is 5.73 Å². The van der Waals surface area contributed by atoms with Gasteiger partial charge in [0.2, 0.25) is 11.9 Å².